The van der Waals surface area contributed by atoms with Gasteiger partial charge < -0.3 is 9.64 Å². The van der Waals surface area contributed by atoms with Crippen molar-refractivity contribution >= 4 is 43.3 Å². The molecule has 128 valence electrons. The Labute approximate surface area is 140 Å². The fourth-order valence-corrected chi connectivity index (χ4v) is 6.29. The number of carbonyl (C=O) groups is 2. The maximum atomic E-state index is 12.2. The van der Waals surface area contributed by atoms with Gasteiger partial charge in [-0.1, -0.05) is 21.6 Å². The first kappa shape index (κ1) is 19.6. The molecule has 1 aliphatic heterocycles. The van der Waals surface area contributed by atoms with Crippen LogP contribution in [0, 0.1) is 0 Å². The Morgan fingerprint density at radius 1 is 1.32 bits per heavy atom. The molecule has 1 aliphatic rings. The summed E-state index contributed by atoms with van der Waals surface area (Å²) in [6, 6.07) is 0. The number of esters is 1. The number of nitrogens with zero attached hydrogens (tertiary/aromatic N) is 1. The quantitative estimate of drug-likeness (QED) is 0.366. The molecule has 0 aromatic heterocycles. The molecule has 1 fully saturated rings. The molecule has 1 rings (SSSR count). The highest BCUT2D eigenvalue weighted by Crippen LogP contribution is 2.46. The lowest BCUT2D eigenvalue weighted by molar-refractivity contribution is -0.152. The maximum absolute atomic E-state index is 12.2. The number of carbonyl (C=O) groups excluding carboxylic acids is 2. The van der Waals surface area contributed by atoms with Crippen molar-refractivity contribution in [2.45, 2.75) is 37.5 Å². The minimum atomic E-state index is -2.92. The molecule has 1 atom stereocenters. The first-order valence-electron chi connectivity index (χ1n) is 7.08. The van der Waals surface area contributed by atoms with Gasteiger partial charge in [0.05, 0.1) is 7.11 Å². The van der Waals surface area contributed by atoms with Crippen molar-refractivity contribution in [1.82, 2.24) is 4.90 Å². The number of methoxy groups -OCH3 is 1. The fraction of sp³-hybridized carbons (Fsp3) is 0.846. The van der Waals surface area contributed by atoms with E-state index >= 15 is 0 Å². The van der Waals surface area contributed by atoms with E-state index in [1.807, 2.05) is 0 Å². The van der Waals surface area contributed by atoms with Gasteiger partial charge in [0.15, 0.2) is 4.87 Å². The molecular formula is C13H23NO5S3. The van der Waals surface area contributed by atoms with Gasteiger partial charge in [0, 0.05) is 31.2 Å². The van der Waals surface area contributed by atoms with E-state index in [1.54, 1.807) is 4.90 Å². The molecule has 6 nitrogen and oxygen atoms in total. The predicted octanol–water partition coefficient (Wildman–Crippen LogP) is 1.70. The SMILES string of the molecule is COC(=O)C1(SSCCCCS(C)(=O)=O)CCCN1C(C)=O. The summed E-state index contributed by atoms with van der Waals surface area (Å²) in [5, 5.41) is 0. The van der Waals surface area contributed by atoms with Crippen molar-refractivity contribution in [3.05, 3.63) is 0 Å². The Kier molecular flexibility index (Phi) is 7.54. The summed E-state index contributed by atoms with van der Waals surface area (Å²) in [7, 11) is 1.26. The number of likely N-dealkylation sites (tertiary alicyclic amines) is 1. The van der Waals surface area contributed by atoms with Crippen molar-refractivity contribution < 1.29 is 22.7 Å². The monoisotopic (exact) mass is 369 g/mol. The highest BCUT2D eigenvalue weighted by Gasteiger charge is 2.50. The Morgan fingerprint density at radius 3 is 2.55 bits per heavy atom. The van der Waals surface area contributed by atoms with Crippen LogP contribution in [0.5, 0.6) is 0 Å². The third-order valence-electron chi connectivity index (χ3n) is 3.41. The molecular weight excluding hydrogens is 346 g/mol. The number of sulfone groups is 1. The highest BCUT2D eigenvalue weighted by molar-refractivity contribution is 8.77. The molecule has 1 saturated heterocycles. The van der Waals surface area contributed by atoms with Crippen LogP contribution in [0.4, 0.5) is 0 Å². The molecule has 0 bridgehead atoms. The van der Waals surface area contributed by atoms with E-state index in [0.29, 0.717) is 19.4 Å². The number of unbranched alkanes of at least 4 members (excludes halogenated alkanes) is 1. The van der Waals surface area contributed by atoms with Crippen LogP contribution in [0.1, 0.15) is 32.6 Å². The fourth-order valence-electron chi connectivity index (χ4n) is 2.36. The van der Waals surface area contributed by atoms with Crippen molar-refractivity contribution in [1.29, 1.82) is 0 Å². The lowest BCUT2D eigenvalue weighted by Crippen LogP contribution is -2.50. The van der Waals surface area contributed by atoms with Gasteiger partial charge >= 0.3 is 5.97 Å². The third-order valence-corrected chi connectivity index (χ3v) is 7.56. The molecule has 1 unspecified atom stereocenters. The zero-order valence-electron chi connectivity index (χ0n) is 13.2. The van der Waals surface area contributed by atoms with Gasteiger partial charge in [-0.05, 0) is 25.7 Å². The molecule has 0 aliphatic carbocycles. The Balaban J connectivity index is 2.53. The van der Waals surface area contributed by atoms with E-state index in [0.717, 1.165) is 18.6 Å². The maximum Gasteiger partial charge on any atom is 0.343 e. The summed E-state index contributed by atoms with van der Waals surface area (Å²) in [4.78, 5) is 24.6. The second kappa shape index (κ2) is 8.44. The van der Waals surface area contributed by atoms with Crippen LogP contribution >= 0.6 is 21.6 Å². The highest BCUT2D eigenvalue weighted by atomic mass is 33.1. The third kappa shape index (κ3) is 5.34. The van der Waals surface area contributed by atoms with Crippen LogP contribution in [0.2, 0.25) is 0 Å². The van der Waals surface area contributed by atoms with Crippen LogP contribution < -0.4 is 0 Å². The van der Waals surface area contributed by atoms with Gasteiger partial charge in [-0.2, -0.15) is 0 Å². The van der Waals surface area contributed by atoms with Gasteiger partial charge in [-0.15, -0.1) is 0 Å². The zero-order valence-corrected chi connectivity index (χ0v) is 15.6. The molecule has 0 radical (unpaired) electrons. The van der Waals surface area contributed by atoms with Crippen molar-refractivity contribution in [3.8, 4) is 0 Å². The largest absolute Gasteiger partial charge is 0.467 e. The number of ether oxygens (including phenoxy) is 1. The molecule has 22 heavy (non-hydrogen) atoms. The summed E-state index contributed by atoms with van der Waals surface area (Å²) in [5.74, 6) is 0.381. The lowest BCUT2D eigenvalue weighted by atomic mass is 10.2. The van der Waals surface area contributed by atoms with Crippen molar-refractivity contribution in [2.75, 3.05) is 31.4 Å². The molecule has 1 amide bonds. The Bertz CT molecular complexity index is 508. The van der Waals surface area contributed by atoms with Crippen LogP contribution in [0.25, 0.3) is 0 Å². The Hall–Kier alpha value is -0.410. The standard InChI is InChI=1S/C13H23NO5S3/c1-11(15)14-8-6-7-13(14,12(16)19-2)21-20-9-4-5-10-22(3,17)18/h4-10H2,1-3H3. The first-order valence-corrected chi connectivity index (χ1v) is 11.5. The van der Waals surface area contributed by atoms with Crippen LogP contribution in [-0.4, -0.2) is 61.5 Å². The number of hydrogen-bond donors (Lipinski definition) is 0. The van der Waals surface area contributed by atoms with E-state index in [1.165, 1.54) is 41.9 Å². The number of amides is 1. The summed E-state index contributed by atoms with van der Waals surface area (Å²) in [6.07, 6.45) is 3.94. The topological polar surface area (TPSA) is 80.8 Å². The smallest absolute Gasteiger partial charge is 0.343 e. The van der Waals surface area contributed by atoms with E-state index in [-0.39, 0.29) is 11.7 Å². The van der Waals surface area contributed by atoms with E-state index in [2.05, 4.69) is 0 Å². The van der Waals surface area contributed by atoms with Gasteiger partial charge in [0.25, 0.3) is 0 Å². The van der Waals surface area contributed by atoms with E-state index in [9.17, 15) is 18.0 Å². The number of rotatable bonds is 8. The molecule has 9 heteroatoms. The van der Waals surface area contributed by atoms with Gasteiger partial charge in [0.1, 0.15) is 9.84 Å². The molecule has 0 aromatic carbocycles. The molecule has 0 N–H and O–H groups in total. The molecule has 0 saturated carbocycles. The lowest BCUT2D eigenvalue weighted by Gasteiger charge is -2.33. The Morgan fingerprint density at radius 2 is 2.00 bits per heavy atom. The first-order chi connectivity index (χ1) is 10.2. The predicted molar refractivity (Wildman–Crippen MR) is 90.4 cm³/mol. The van der Waals surface area contributed by atoms with E-state index in [4.69, 9.17) is 4.74 Å². The zero-order chi connectivity index (χ0) is 16.8. The summed E-state index contributed by atoms with van der Waals surface area (Å²) >= 11 is 0. The minimum Gasteiger partial charge on any atom is -0.467 e. The second-order valence-corrected chi connectivity index (χ2v) is 10.2. The summed E-state index contributed by atoms with van der Waals surface area (Å²) < 4.78 is 27.0. The minimum absolute atomic E-state index is 0.131. The summed E-state index contributed by atoms with van der Waals surface area (Å²) in [5.41, 5.74) is 0. The summed E-state index contributed by atoms with van der Waals surface area (Å²) in [6.45, 7) is 2.02. The second-order valence-electron chi connectivity index (χ2n) is 5.29. The molecule has 1 heterocycles. The van der Waals surface area contributed by atoms with Crippen LogP contribution in [-0.2, 0) is 24.2 Å². The van der Waals surface area contributed by atoms with Crippen molar-refractivity contribution in [2.24, 2.45) is 0 Å². The van der Waals surface area contributed by atoms with Crippen molar-refractivity contribution in [3.63, 3.8) is 0 Å². The van der Waals surface area contributed by atoms with Crippen LogP contribution in [0.3, 0.4) is 0 Å². The van der Waals surface area contributed by atoms with Gasteiger partial charge in [-0.25, -0.2) is 13.2 Å². The average Bonchev–Trinajstić information content (AvgIpc) is 2.85. The van der Waals surface area contributed by atoms with Crippen LogP contribution in [0.15, 0.2) is 0 Å². The normalized spacial score (nSPS) is 21.9. The van der Waals surface area contributed by atoms with E-state index < -0.39 is 20.7 Å². The number of hydrogen-bond acceptors (Lipinski definition) is 7. The molecule has 0 aromatic rings. The van der Waals surface area contributed by atoms with Gasteiger partial charge in [-0.3, -0.25) is 4.79 Å². The van der Waals surface area contributed by atoms with Gasteiger partial charge in [0.2, 0.25) is 5.91 Å². The molecule has 0 spiro atoms. The average molecular weight is 370 g/mol.